The zero-order valence-corrected chi connectivity index (χ0v) is 10.2. The SMILES string of the molecule is C=CCOC(=O)C(=O)N(CC=C)C(C)(C)C. The Kier molecular flexibility index (Phi) is 5.50. The van der Waals surface area contributed by atoms with Gasteiger partial charge in [0.25, 0.3) is 0 Å². The van der Waals surface area contributed by atoms with E-state index in [1.165, 1.54) is 11.0 Å². The molecular formula is C12H19NO3. The summed E-state index contributed by atoms with van der Waals surface area (Å²) in [6.07, 6.45) is 2.99. The molecule has 0 fully saturated rings. The van der Waals surface area contributed by atoms with Crippen LogP contribution in [0.25, 0.3) is 0 Å². The van der Waals surface area contributed by atoms with Gasteiger partial charge in [0, 0.05) is 12.1 Å². The molecule has 0 saturated carbocycles. The molecule has 0 unspecified atom stereocenters. The molecule has 0 aromatic rings. The van der Waals surface area contributed by atoms with Gasteiger partial charge in [0.2, 0.25) is 0 Å². The Morgan fingerprint density at radius 3 is 2.19 bits per heavy atom. The van der Waals surface area contributed by atoms with Crippen LogP contribution in [0.1, 0.15) is 20.8 Å². The molecule has 0 radical (unpaired) electrons. The third-order valence-corrected chi connectivity index (χ3v) is 1.87. The monoisotopic (exact) mass is 225 g/mol. The topological polar surface area (TPSA) is 46.6 Å². The van der Waals surface area contributed by atoms with E-state index < -0.39 is 17.4 Å². The zero-order valence-electron chi connectivity index (χ0n) is 10.2. The number of esters is 1. The van der Waals surface area contributed by atoms with Crippen molar-refractivity contribution in [1.82, 2.24) is 4.90 Å². The van der Waals surface area contributed by atoms with Crippen LogP contribution >= 0.6 is 0 Å². The van der Waals surface area contributed by atoms with Crippen molar-refractivity contribution in [2.75, 3.05) is 13.2 Å². The third kappa shape index (κ3) is 4.29. The van der Waals surface area contributed by atoms with Gasteiger partial charge in [-0.25, -0.2) is 4.79 Å². The number of carbonyl (C=O) groups is 2. The Bertz CT molecular complexity index is 289. The van der Waals surface area contributed by atoms with Crippen LogP contribution < -0.4 is 0 Å². The minimum Gasteiger partial charge on any atom is -0.454 e. The van der Waals surface area contributed by atoms with Crippen molar-refractivity contribution in [1.29, 1.82) is 0 Å². The van der Waals surface area contributed by atoms with Gasteiger partial charge >= 0.3 is 11.9 Å². The van der Waals surface area contributed by atoms with Gasteiger partial charge in [0.1, 0.15) is 6.61 Å². The maximum Gasteiger partial charge on any atom is 0.397 e. The molecule has 0 aliphatic rings. The molecule has 90 valence electrons. The van der Waals surface area contributed by atoms with Crippen LogP contribution in [0.5, 0.6) is 0 Å². The number of hydrogen-bond acceptors (Lipinski definition) is 3. The van der Waals surface area contributed by atoms with Gasteiger partial charge in [-0.3, -0.25) is 4.79 Å². The lowest BCUT2D eigenvalue weighted by molar-refractivity contribution is -0.161. The van der Waals surface area contributed by atoms with Crippen LogP contribution in [0.4, 0.5) is 0 Å². The molecule has 4 nitrogen and oxygen atoms in total. The average Bonchev–Trinajstić information content (AvgIpc) is 2.19. The predicted molar refractivity (Wildman–Crippen MR) is 62.8 cm³/mol. The van der Waals surface area contributed by atoms with Crippen molar-refractivity contribution < 1.29 is 14.3 Å². The Morgan fingerprint density at radius 2 is 1.81 bits per heavy atom. The maximum absolute atomic E-state index is 11.8. The molecule has 16 heavy (non-hydrogen) atoms. The minimum absolute atomic E-state index is 0.0383. The fourth-order valence-electron chi connectivity index (χ4n) is 1.10. The fourth-order valence-corrected chi connectivity index (χ4v) is 1.10. The first-order valence-corrected chi connectivity index (χ1v) is 5.05. The van der Waals surface area contributed by atoms with Crippen LogP contribution in [0.2, 0.25) is 0 Å². The van der Waals surface area contributed by atoms with Gasteiger partial charge in [-0.1, -0.05) is 18.7 Å². The highest BCUT2D eigenvalue weighted by Gasteiger charge is 2.30. The van der Waals surface area contributed by atoms with Gasteiger partial charge in [0.05, 0.1) is 0 Å². The molecule has 0 saturated heterocycles. The van der Waals surface area contributed by atoms with Crippen molar-refractivity contribution in [2.45, 2.75) is 26.3 Å². The molecule has 0 atom stereocenters. The van der Waals surface area contributed by atoms with Crippen LogP contribution in [0.15, 0.2) is 25.3 Å². The smallest absolute Gasteiger partial charge is 0.397 e. The van der Waals surface area contributed by atoms with Crippen molar-refractivity contribution in [3.05, 3.63) is 25.3 Å². The van der Waals surface area contributed by atoms with E-state index in [2.05, 4.69) is 13.2 Å². The number of rotatable bonds is 4. The van der Waals surface area contributed by atoms with Gasteiger partial charge < -0.3 is 9.64 Å². The van der Waals surface area contributed by atoms with E-state index in [1.54, 1.807) is 6.08 Å². The van der Waals surface area contributed by atoms with Crippen molar-refractivity contribution >= 4 is 11.9 Å². The number of amides is 1. The normalized spacial score (nSPS) is 10.4. The summed E-state index contributed by atoms with van der Waals surface area (Å²) in [5.41, 5.74) is -0.446. The lowest BCUT2D eigenvalue weighted by Gasteiger charge is -2.33. The number of ether oxygens (including phenoxy) is 1. The van der Waals surface area contributed by atoms with E-state index in [4.69, 9.17) is 4.74 Å². The lowest BCUT2D eigenvalue weighted by Crippen LogP contribution is -2.49. The molecule has 0 rings (SSSR count). The number of carbonyl (C=O) groups excluding carboxylic acids is 2. The van der Waals surface area contributed by atoms with Crippen molar-refractivity contribution in [2.24, 2.45) is 0 Å². The summed E-state index contributed by atoms with van der Waals surface area (Å²) in [7, 11) is 0. The van der Waals surface area contributed by atoms with Crippen LogP contribution in [-0.2, 0) is 14.3 Å². The quantitative estimate of drug-likeness (QED) is 0.414. The third-order valence-electron chi connectivity index (χ3n) is 1.87. The Balaban J connectivity index is 4.67. The van der Waals surface area contributed by atoms with Crippen LogP contribution in [0, 0.1) is 0 Å². The van der Waals surface area contributed by atoms with Crippen LogP contribution in [0.3, 0.4) is 0 Å². The molecule has 0 aliphatic heterocycles. The molecule has 0 aromatic heterocycles. The standard InChI is InChI=1S/C12H19NO3/c1-6-8-13(12(3,4)5)10(14)11(15)16-9-7-2/h6-7H,1-2,8-9H2,3-5H3. The first-order chi connectivity index (χ1) is 7.34. The average molecular weight is 225 g/mol. The second kappa shape index (κ2) is 6.10. The summed E-state index contributed by atoms with van der Waals surface area (Å²) in [6, 6.07) is 0. The highest BCUT2D eigenvalue weighted by molar-refractivity contribution is 6.32. The predicted octanol–water partition coefficient (Wildman–Crippen LogP) is 1.53. The largest absolute Gasteiger partial charge is 0.454 e. The van der Waals surface area contributed by atoms with Gasteiger partial charge in [-0.2, -0.15) is 0 Å². The van der Waals surface area contributed by atoms with Crippen molar-refractivity contribution in [3.8, 4) is 0 Å². The minimum atomic E-state index is -0.864. The maximum atomic E-state index is 11.8. The summed E-state index contributed by atoms with van der Waals surface area (Å²) >= 11 is 0. The first-order valence-electron chi connectivity index (χ1n) is 5.05. The number of hydrogen-bond donors (Lipinski definition) is 0. The van der Waals surface area contributed by atoms with E-state index in [0.29, 0.717) is 6.54 Å². The summed E-state index contributed by atoms with van der Waals surface area (Å²) in [5, 5.41) is 0. The molecule has 1 amide bonds. The van der Waals surface area contributed by atoms with E-state index in [1.807, 2.05) is 20.8 Å². The molecule has 0 N–H and O–H groups in total. The summed E-state index contributed by atoms with van der Waals surface area (Å²) < 4.78 is 4.69. The molecule has 0 aliphatic carbocycles. The van der Waals surface area contributed by atoms with Gasteiger partial charge in [-0.05, 0) is 20.8 Å². The van der Waals surface area contributed by atoms with Gasteiger partial charge in [0.15, 0.2) is 0 Å². The van der Waals surface area contributed by atoms with E-state index in [-0.39, 0.29) is 6.61 Å². The van der Waals surface area contributed by atoms with Gasteiger partial charge in [-0.15, -0.1) is 6.58 Å². The highest BCUT2D eigenvalue weighted by atomic mass is 16.5. The molecule has 0 heterocycles. The van der Waals surface area contributed by atoms with E-state index in [0.717, 1.165) is 0 Å². The van der Waals surface area contributed by atoms with Crippen LogP contribution in [-0.4, -0.2) is 35.5 Å². The Morgan fingerprint density at radius 1 is 1.25 bits per heavy atom. The zero-order chi connectivity index (χ0) is 12.8. The Labute approximate surface area is 96.6 Å². The lowest BCUT2D eigenvalue weighted by atomic mass is 10.1. The molecular weight excluding hydrogens is 206 g/mol. The molecule has 0 bridgehead atoms. The fraction of sp³-hybridized carbons (Fsp3) is 0.500. The van der Waals surface area contributed by atoms with E-state index in [9.17, 15) is 9.59 Å². The Hall–Kier alpha value is -1.58. The van der Waals surface area contributed by atoms with E-state index >= 15 is 0 Å². The molecule has 4 heteroatoms. The summed E-state index contributed by atoms with van der Waals surface area (Å²) in [4.78, 5) is 24.5. The number of nitrogens with zero attached hydrogens (tertiary/aromatic N) is 1. The summed E-state index contributed by atoms with van der Waals surface area (Å²) in [6.45, 7) is 12.8. The first kappa shape index (κ1) is 14.4. The highest BCUT2D eigenvalue weighted by Crippen LogP contribution is 2.13. The second-order valence-corrected chi connectivity index (χ2v) is 4.26. The summed E-state index contributed by atoms with van der Waals surface area (Å²) in [5.74, 6) is -1.52. The van der Waals surface area contributed by atoms with Crippen molar-refractivity contribution in [3.63, 3.8) is 0 Å². The molecule has 0 aromatic carbocycles. The molecule has 0 spiro atoms. The second-order valence-electron chi connectivity index (χ2n) is 4.26.